The Balaban J connectivity index is 1.90. The molecule has 0 amide bonds. The molecular formula is C16H18N2S2. The highest BCUT2D eigenvalue weighted by atomic mass is 32.2. The Morgan fingerprint density at radius 1 is 1.15 bits per heavy atom. The lowest BCUT2D eigenvalue weighted by molar-refractivity contribution is 0.977. The molecule has 4 heteroatoms. The van der Waals surface area contributed by atoms with Gasteiger partial charge in [-0.05, 0) is 24.3 Å². The third-order valence-electron chi connectivity index (χ3n) is 3.01. The molecule has 0 aromatic heterocycles. The summed E-state index contributed by atoms with van der Waals surface area (Å²) in [5, 5.41) is 0. The van der Waals surface area contributed by atoms with E-state index >= 15 is 0 Å². The van der Waals surface area contributed by atoms with E-state index in [0.717, 1.165) is 23.5 Å². The minimum atomic E-state index is 0.443. The minimum Gasteiger partial charge on any atom is -0.389 e. The molecule has 0 atom stereocenters. The van der Waals surface area contributed by atoms with Gasteiger partial charge < -0.3 is 10.6 Å². The molecule has 0 saturated heterocycles. The summed E-state index contributed by atoms with van der Waals surface area (Å²) in [7, 11) is 2.09. The fourth-order valence-electron chi connectivity index (χ4n) is 1.84. The summed E-state index contributed by atoms with van der Waals surface area (Å²) in [5.74, 6) is 1.04. The average Bonchev–Trinajstić information content (AvgIpc) is 2.48. The Labute approximate surface area is 130 Å². The molecule has 0 bridgehead atoms. The SMILES string of the molecule is CN(CCSc1ccccc1)c1cccc(C(N)=S)c1. The molecule has 0 aliphatic carbocycles. The number of hydrogen-bond donors (Lipinski definition) is 1. The van der Waals surface area contributed by atoms with Crippen molar-refractivity contribution >= 4 is 34.7 Å². The third kappa shape index (κ3) is 4.25. The molecule has 20 heavy (non-hydrogen) atoms. The van der Waals surface area contributed by atoms with E-state index in [1.807, 2.05) is 36.0 Å². The molecule has 2 N–H and O–H groups in total. The molecule has 2 aromatic carbocycles. The Hall–Kier alpha value is -1.52. The fraction of sp³-hybridized carbons (Fsp3) is 0.188. The summed E-state index contributed by atoms with van der Waals surface area (Å²) in [4.78, 5) is 3.97. The van der Waals surface area contributed by atoms with E-state index < -0.39 is 0 Å². The lowest BCUT2D eigenvalue weighted by atomic mass is 10.2. The van der Waals surface area contributed by atoms with Crippen molar-refractivity contribution in [2.45, 2.75) is 4.90 Å². The first-order valence-electron chi connectivity index (χ1n) is 6.45. The second kappa shape index (κ2) is 7.31. The van der Waals surface area contributed by atoms with Gasteiger partial charge in [-0.3, -0.25) is 0 Å². The summed E-state index contributed by atoms with van der Waals surface area (Å²) in [6.45, 7) is 0.973. The highest BCUT2D eigenvalue weighted by Crippen LogP contribution is 2.19. The van der Waals surface area contributed by atoms with E-state index in [0.29, 0.717) is 4.99 Å². The topological polar surface area (TPSA) is 29.3 Å². The number of nitrogens with zero attached hydrogens (tertiary/aromatic N) is 1. The second-order valence-electron chi connectivity index (χ2n) is 4.50. The van der Waals surface area contributed by atoms with Crippen molar-refractivity contribution in [2.24, 2.45) is 5.73 Å². The van der Waals surface area contributed by atoms with Crippen LogP contribution in [0.2, 0.25) is 0 Å². The Morgan fingerprint density at radius 3 is 2.60 bits per heavy atom. The molecule has 104 valence electrons. The smallest absolute Gasteiger partial charge is 0.104 e. The molecule has 0 heterocycles. The number of thioether (sulfide) groups is 1. The first kappa shape index (κ1) is 14.9. The van der Waals surface area contributed by atoms with E-state index in [9.17, 15) is 0 Å². The van der Waals surface area contributed by atoms with E-state index in [1.165, 1.54) is 4.90 Å². The molecule has 2 aromatic rings. The molecule has 2 rings (SSSR count). The predicted molar refractivity (Wildman–Crippen MR) is 92.8 cm³/mol. The van der Waals surface area contributed by atoms with Gasteiger partial charge >= 0.3 is 0 Å². The van der Waals surface area contributed by atoms with Crippen molar-refractivity contribution < 1.29 is 0 Å². The zero-order valence-corrected chi connectivity index (χ0v) is 13.1. The van der Waals surface area contributed by atoms with Gasteiger partial charge in [-0.2, -0.15) is 0 Å². The van der Waals surface area contributed by atoms with E-state index in [1.54, 1.807) is 0 Å². The maximum atomic E-state index is 5.67. The van der Waals surface area contributed by atoms with Crippen LogP contribution < -0.4 is 10.6 Å². The summed E-state index contributed by atoms with van der Waals surface area (Å²) in [6.07, 6.45) is 0. The van der Waals surface area contributed by atoms with Gasteiger partial charge in [-0.1, -0.05) is 42.5 Å². The molecule has 0 aliphatic heterocycles. The Bertz CT molecular complexity index is 570. The normalized spacial score (nSPS) is 10.2. The van der Waals surface area contributed by atoms with Gasteiger partial charge in [0.2, 0.25) is 0 Å². The predicted octanol–water partition coefficient (Wildman–Crippen LogP) is 3.55. The summed E-state index contributed by atoms with van der Waals surface area (Å²) < 4.78 is 0. The van der Waals surface area contributed by atoms with Gasteiger partial charge in [0, 0.05) is 35.5 Å². The number of anilines is 1. The summed E-state index contributed by atoms with van der Waals surface area (Å²) in [6, 6.07) is 18.5. The van der Waals surface area contributed by atoms with Crippen LogP contribution in [0.3, 0.4) is 0 Å². The van der Waals surface area contributed by atoms with E-state index in [4.69, 9.17) is 18.0 Å². The molecule has 0 aliphatic rings. The van der Waals surface area contributed by atoms with Crippen LogP contribution in [0, 0.1) is 0 Å². The monoisotopic (exact) mass is 302 g/mol. The number of thiocarbonyl (C=S) groups is 1. The molecule has 0 spiro atoms. The van der Waals surface area contributed by atoms with E-state index in [2.05, 4.69) is 42.3 Å². The van der Waals surface area contributed by atoms with Crippen LogP contribution >= 0.6 is 24.0 Å². The van der Waals surface area contributed by atoms with Crippen LogP contribution in [-0.4, -0.2) is 24.3 Å². The number of nitrogens with two attached hydrogens (primary N) is 1. The van der Waals surface area contributed by atoms with Crippen molar-refractivity contribution in [3.05, 3.63) is 60.2 Å². The van der Waals surface area contributed by atoms with Crippen LogP contribution in [0.15, 0.2) is 59.5 Å². The van der Waals surface area contributed by atoms with Crippen LogP contribution in [0.1, 0.15) is 5.56 Å². The zero-order valence-electron chi connectivity index (χ0n) is 11.5. The number of hydrogen-bond acceptors (Lipinski definition) is 3. The molecular weight excluding hydrogens is 284 g/mol. The number of benzene rings is 2. The van der Waals surface area contributed by atoms with Gasteiger partial charge in [0.1, 0.15) is 4.99 Å². The largest absolute Gasteiger partial charge is 0.389 e. The highest BCUT2D eigenvalue weighted by Gasteiger charge is 2.03. The van der Waals surface area contributed by atoms with Gasteiger partial charge in [-0.15, -0.1) is 11.8 Å². The first-order chi connectivity index (χ1) is 9.66. The van der Waals surface area contributed by atoms with Crippen LogP contribution in [0.25, 0.3) is 0 Å². The molecule has 0 saturated carbocycles. The van der Waals surface area contributed by atoms with Crippen LogP contribution in [0.4, 0.5) is 5.69 Å². The quantitative estimate of drug-likeness (QED) is 0.653. The van der Waals surface area contributed by atoms with Gasteiger partial charge in [-0.25, -0.2) is 0 Å². The Kier molecular flexibility index (Phi) is 5.44. The highest BCUT2D eigenvalue weighted by molar-refractivity contribution is 7.99. The Morgan fingerprint density at radius 2 is 1.90 bits per heavy atom. The fourth-order valence-corrected chi connectivity index (χ4v) is 2.92. The zero-order chi connectivity index (χ0) is 14.4. The van der Waals surface area contributed by atoms with Crippen LogP contribution in [-0.2, 0) is 0 Å². The lowest BCUT2D eigenvalue weighted by Crippen LogP contribution is -2.21. The first-order valence-corrected chi connectivity index (χ1v) is 7.85. The van der Waals surface area contributed by atoms with Crippen molar-refractivity contribution in [2.75, 3.05) is 24.2 Å². The van der Waals surface area contributed by atoms with Gasteiger partial charge in [0.15, 0.2) is 0 Å². The van der Waals surface area contributed by atoms with Crippen molar-refractivity contribution in [3.63, 3.8) is 0 Å². The minimum absolute atomic E-state index is 0.443. The standard InChI is InChI=1S/C16H18N2S2/c1-18(10-11-20-15-8-3-2-4-9-15)14-7-5-6-13(12-14)16(17)19/h2-9,12H,10-11H2,1H3,(H2,17,19). The van der Waals surface area contributed by atoms with Gasteiger partial charge in [0.05, 0.1) is 0 Å². The average molecular weight is 302 g/mol. The number of rotatable bonds is 6. The second-order valence-corrected chi connectivity index (χ2v) is 6.11. The maximum absolute atomic E-state index is 5.67. The summed E-state index contributed by atoms with van der Waals surface area (Å²) in [5.41, 5.74) is 7.73. The summed E-state index contributed by atoms with van der Waals surface area (Å²) >= 11 is 6.88. The van der Waals surface area contributed by atoms with Crippen molar-refractivity contribution in [3.8, 4) is 0 Å². The molecule has 0 fully saturated rings. The van der Waals surface area contributed by atoms with E-state index in [-0.39, 0.29) is 0 Å². The van der Waals surface area contributed by atoms with Crippen LogP contribution in [0.5, 0.6) is 0 Å². The van der Waals surface area contributed by atoms with Crippen molar-refractivity contribution in [1.82, 2.24) is 0 Å². The lowest BCUT2D eigenvalue weighted by Gasteiger charge is -2.19. The van der Waals surface area contributed by atoms with Gasteiger partial charge in [0.25, 0.3) is 0 Å². The maximum Gasteiger partial charge on any atom is 0.104 e. The molecule has 0 radical (unpaired) electrons. The third-order valence-corrected chi connectivity index (χ3v) is 4.24. The molecule has 0 unspecified atom stereocenters. The van der Waals surface area contributed by atoms with Crippen molar-refractivity contribution in [1.29, 1.82) is 0 Å². The molecule has 2 nitrogen and oxygen atoms in total.